The van der Waals surface area contributed by atoms with Crippen LogP contribution in [0.1, 0.15) is 26.7 Å². The Bertz CT molecular complexity index is 571. The molecule has 9 heteroatoms. The van der Waals surface area contributed by atoms with Gasteiger partial charge in [-0.05, 0) is 25.0 Å². The molecule has 1 aromatic rings. The second-order valence-corrected chi connectivity index (χ2v) is 6.23. The highest BCUT2D eigenvalue weighted by Gasteiger charge is 2.41. The van der Waals surface area contributed by atoms with Crippen molar-refractivity contribution < 1.29 is 26.0 Å². The van der Waals surface area contributed by atoms with Crippen LogP contribution in [0.25, 0.3) is 0 Å². The maximum Gasteiger partial charge on any atom is 0.402 e. The van der Waals surface area contributed by atoms with E-state index in [2.05, 4.69) is 4.98 Å². The van der Waals surface area contributed by atoms with Gasteiger partial charge in [0, 0.05) is 12.2 Å². The average molecular weight is 328 g/mol. The van der Waals surface area contributed by atoms with Gasteiger partial charge in [-0.3, -0.25) is 0 Å². The minimum atomic E-state index is -4.72. The maximum atomic E-state index is 13.6. The van der Waals surface area contributed by atoms with Gasteiger partial charge in [0.15, 0.2) is 5.82 Å². The summed E-state index contributed by atoms with van der Waals surface area (Å²) in [6.07, 6.45) is -3.34. The molecule has 0 radical (unpaired) electrons. The molecule has 0 amide bonds. The number of hydrogen-bond acceptors (Lipinski definition) is 3. The fourth-order valence-corrected chi connectivity index (χ4v) is 3.69. The van der Waals surface area contributed by atoms with Crippen LogP contribution >= 0.6 is 0 Å². The molecule has 0 fully saturated rings. The molecule has 0 spiro atoms. The lowest BCUT2D eigenvalue weighted by Gasteiger charge is -2.29. The fraction of sp³-hybridized carbons (Fsp3) is 0.583. The summed E-state index contributed by atoms with van der Waals surface area (Å²) in [5.74, 6) is -1.17. The van der Waals surface area contributed by atoms with E-state index in [0.717, 1.165) is 12.3 Å². The summed E-state index contributed by atoms with van der Waals surface area (Å²) < 4.78 is 76.5. The molecule has 0 aliphatic carbocycles. The first kappa shape index (κ1) is 17.8. The van der Waals surface area contributed by atoms with Crippen molar-refractivity contribution in [3.63, 3.8) is 0 Å². The zero-order chi connectivity index (χ0) is 16.3. The van der Waals surface area contributed by atoms with E-state index in [9.17, 15) is 26.0 Å². The number of nitrogens with zero attached hydrogens (tertiary/aromatic N) is 2. The smallest absolute Gasteiger partial charge is 0.241 e. The SMILES string of the molecule is CCC(CC)N(CC(F)(F)F)S(=O)(=O)c1ncccc1F. The van der Waals surface area contributed by atoms with E-state index < -0.39 is 39.6 Å². The van der Waals surface area contributed by atoms with Crippen molar-refractivity contribution in [2.45, 2.75) is 43.9 Å². The van der Waals surface area contributed by atoms with Crippen molar-refractivity contribution in [3.8, 4) is 0 Å². The Balaban J connectivity index is 3.33. The molecule has 0 bridgehead atoms. The first-order valence-corrected chi connectivity index (χ1v) is 7.76. The fourth-order valence-electron chi connectivity index (χ4n) is 1.96. The first-order chi connectivity index (χ1) is 9.63. The summed E-state index contributed by atoms with van der Waals surface area (Å²) in [4.78, 5) is 3.38. The minimum Gasteiger partial charge on any atom is -0.241 e. The number of alkyl halides is 3. The summed E-state index contributed by atoms with van der Waals surface area (Å²) in [5, 5.41) is -0.985. The van der Waals surface area contributed by atoms with Gasteiger partial charge in [-0.15, -0.1) is 0 Å². The van der Waals surface area contributed by atoms with E-state index >= 15 is 0 Å². The quantitative estimate of drug-likeness (QED) is 0.755. The lowest BCUT2D eigenvalue weighted by Crippen LogP contribution is -2.45. The van der Waals surface area contributed by atoms with Crippen LogP contribution in [0.2, 0.25) is 0 Å². The lowest BCUT2D eigenvalue weighted by atomic mass is 10.2. The summed E-state index contributed by atoms with van der Waals surface area (Å²) in [6.45, 7) is 1.47. The molecule has 0 saturated heterocycles. The van der Waals surface area contributed by atoms with Crippen LogP contribution in [0, 0.1) is 5.82 Å². The molecule has 0 aliphatic rings. The number of sulfonamides is 1. The van der Waals surface area contributed by atoms with Gasteiger partial charge in [0.05, 0.1) is 0 Å². The predicted octanol–water partition coefficient (Wildman–Crippen LogP) is 2.96. The van der Waals surface area contributed by atoms with Crippen LogP contribution in [-0.4, -0.2) is 36.5 Å². The third-order valence-corrected chi connectivity index (χ3v) is 4.80. The largest absolute Gasteiger partial charge is 0.402 e. The standard InChI is InChI=1S/C12H16F4N2O2S/c1-3-9(4-2)18(8-12(14,15)16)21(19,20)11-10(13)6-5-7-17-11/h5-7,9H,3-4,8H2,1-2H3. The van der Waals surface area contributed by atoms with Gasteiger partial charge >= 0.3 is 6.18 Å². The lowest BCUT2D eigenvalue weighted by molar-refractivity contribution is -0.139. The van der Waals surface area contributed by atoms with E-state index in [1.54, 1.807) is 13.8 Å². The van der Waals surface area contributed by atoms with E-state index in [0.29, 0.717) is 0 Å². The Kier molecular flexibility index (Phi) is 5.68. The number of hydrogen-bond donors (Lipinski definition) is 0. The summed E-state index contributed by atoms with van der Waals surface area (Å²) in [7, 11) is -4.66. The van der Waals surface area contributed by atoms with Gasteiger partial charge < -0.3 is 0 Å². The molecule has 1 aromatic heterocycles. The van der Waals surface area contributed by atoms with Crippen LogP contribution < -0.4 is 0 Å². The van der Waals surface area contributed by atoms with Crippen LogP contribution in [0.4, 0.5) is 17.6 Å². The Labute approximate surface area is 120 Å². The third kappa shape index (κ3) is 4.37. The van der Waals surface area contributed by atoms with Gasteiger partial charge in [0.25, 0.3) is 10.0 Å². The summed E-state index contributed by atoms with van der Waals surface area (Å²) >= 11 is 0. The molecule has 0 aromatic carbocycles. The van der Waals surface area contributed by atoms with Crippen molar-refractivity contribution in [1.29, 1.82) is 0 Å². The zero-order valence-corrected chi connectivity index (χ0v) is 12.4. The maximum absolute atomic E-state index is 13.6. The first-order valence-electron chi connectivity index (χ1n) is 6.32. The minimum absolute atomic E-state index is 0.181. The van der Waals surface area contributed by atoms with E-state index in [4.69, 9.17) is 0 Å². The average Bonchev–Trinajstić information content (AvgIpc) is 2.38. The number of pyridine rings is 1. The number of rotatable bonds is 6. The molecule has 21 heavy (non-hydrogen) atoms. The van der Waals surface area contributed by atoms with E-state index in [-0.39, 0.29) is 17.1 Å². The predicted molar refractivity (Wildman–Crippen MR) is 68.5 cm³/mol. The molecule has 0 atom stereocenters. The van der Waals surface area contributed by atoms with Gasteiger partial charge in [-0.25, -0.2) is 17.8 Å². The van der Waals surface area contributed by atoms with Gasteiger partial charge in [-0.1, -0.05) is 13.8 Å². The Morgan fingerprint density at radius 2 is 1.86 bits per heavy atom. The zero-order valence-electron chi connectivity index (χ0n) is 11.6. The normalized spacial score (nSPS) is 13.1. The highest BCUT2D eigenvalue weighted by molar-refractivity contribution is 7.89. The van der Waals surface area contributed by atoms with Crippen molar-refractivity contribution in [2.24, 2.45) is 0 Å². The van der Waals surface area contributed by atoms with Crippen LogP contribution in [-0.2, 0) is 10.0 Å². The topological polar surface area (TPSA) is 50.3 Å². The molecule has 0 unspecified atom stereocenters. The number of halogens is 4. The molecule has 1 rings (SSSR count). The Morgan fingerprint density at radius 3 is 2.29 bits per heavy atom. The molecule has 4 nitrogen and oxygen atoms in total. The van der Waals surface area contributed by atoms with Gasteiger partial charge in [0.1, 0.15) is 6.54 Å². The van der Waals surface area contributed by atoms with Gasteiger partial charge in [0.2, 0.25) is 5.03 Å². The second kappa shape index (κ2) is 6.69. The Morgan fingerprint density at radius 1 is 1.29 bits per heavy atom. The molecule has 1 heterocycles. The van der Waals surface area contributed by atoms with Crippen molar-refractivity contribution in [2.75, 3.05) is 6.54 Å². The third-order valence-electron chi connectivity index (χ3n) is 2.96. The molecule has 0 aliphatic heterocycles. The van der Waals surface area contributed by atoms with Crippen molar-refractivity contribution in [3.05, 3.63) is 24.1 Å². The highest BCUT2D eigenvalue weighted by atomic mass is 32.2. The summed E-state index contributed by atoms with van der Waals surface area (Å²) in [6, 6.07) is 1.14. The molecule has 0 saturated carbocycles. The Hall–Kier alpha value is -1.22. The van der Waals surface area contributed by atoms with Crippen LogP contribution in [0.3, 0.4) is 0 Å². The summed E-state index contributed by atoms with van der Waals surface area (Å²) in [5.41, 5.74) is 0. The van der Waals surface area contributed by atoms with E-state index in [1.807, 2.05) is 0 Å². The second-order valence-electron chi connectivity index (χ2n) is 4.43. The van der Waals surface area contributed by atoms with Crippen molar-refractivity contribution in [1.82, 2.24) is 9.29 Å². The number of aromatic nitrogens is 1. The highest BCUT2D eigenvalue weighted by Crippen LogP contribution is 2.27. The molecular weight excluding hydrogens is 312 g/mol. The molecular formula is C12H16F4N2O2S. The van der Waals surface area contributed by atoms with Gasteiger partial charge in [-0.2, -0.15) is 17.5 Å². The molecule has 120 valence electrons. The van der Waals surface area contributed by atoms with E-state index in [1.165, 1.54) is 6.07 Å². The molecule has 0 N–H and O–H groups in total. The monoisotopic (exact) mass is 328 g/mol. The van der Waals surface area contributed by atoms with Crippen LogP contribution in [0.5, 0.6) is 0 Å². The van der Waals surface area contributed by atoms with Crippen LogP contribution in [0.15, 0.2) is 23.4 Å². The van der Waals surface area contributed by atoms with Crippen molar-refractivity contribution >= 4 is 10.0 Å².